The molecule has 178 valence electrons. The van der Waals surface area contributed by atoms with Crippen molar-refractivity contribution in [2.24, 2.45) is 11.3 Å². The molecule has 1 aromatic heterocycles. The monoisotopic (exact) mass is 460 g/mol. The number of alkyl halides is 3. The minimum Gasteiger partial charge on any atom is -0.354 e. The SMILES string of the molecule is Cc1nc(-c2ccc(C(F)(F)F)cc2)cc([C@H]2CN3CC[C@H]2C[C@@H]3CNC(=O)C(C)(C)C)n1. The Labute approximate surface area is 192 Å². The number of fused-ring (bicyclic) bond motifs is 3. The summed E-state index contributed by atoms with van der Waals surface area (Å²) in [6.45, 7) is 10.1. The van der Waals surface area contributed by atoms with Gasteiger partial charge in [0.2, 0.25) is 5.91 Å². The minimum atomic E-state index is -4.36. The molecule has 0 radical (unpaired) electrons. The molecule has 1 unspecified atom stereocenters. The number of aromatic nitrogens is 2. The Hall–Kier alpha value is -2.48. The van der Waals surface area contributed by atoms with Crippen LogP contribution in [0.1, 0.15) is 56.6 Å². The highest BCUT2D eigenvalue weighted by molar-refractivity contribution is 5.81. The van der Waals surface area contributed by atoms with Gasteiger partial charge in [-0.15, -0.1) is 0 Å². The molecule has 33 heavy (non-hydrogen) atoms. The number of piperidine rings is 3. The Morgan fingerprint density at radius 3 is 2.42 bits per heavy atom. The molecule has 3 aliphatic rings. The molecule has 4 heterocycles. The molecule has 2 bridgehead atoms. The summed E-state index contributed by atoms with van der Waals surface area (Å²) < 4.78 is 38.7. The van der Waals surface area contributed by atoms with E-state index in [0.29, 0.717) is 35.6 Å². The number of halogens is 3. The highest BCUT2D eigenvalue weighted by Crippen LogP contribution is 2.42. The van der Waals surface area contributed by atoms with E-state index in [-0.39, 0.29) is 11.8 Å². The van der Waals surface area contributed by atoms with Gasteiger partial charge in [0.25, 0.3) is 0 Å². The molecule has 8 heteroatoms. The van der Waals surface area contributed by atoms with E-state index >= 15 is 0 Å². The standard InChI is InChI=1S/C25H31F3N4O/c1-15-30-21(16-5-7-18(8-6-16)25(26,27)28)12-22(31-15)20-14-32-10-9-17(20)11-19(32)13-29-23(33)24(2,3)4/h5-8,12,17,19-20H,9-11,13-14H2,1-4H3,(H,29,33)/t17-,19+,20-/m0/s1. The zero-order valence-electron chi connectivity index (χ0n) is 19.5. The summed E-state index contributed by atoms with van der Waals surface area (Å²) in [4.78, 5) is 23.9. The lowest BCUT2D eigenvalue weighted by Crippen LogP contribution is -2.56. The Kier molecular flexibility index (Phi) is 6.24. The summed E-state index contributed by atoms with van der Waals surface area (Å²) in [7, 11) is 0. The number of aryl methyl sites for hydroxylation is 1. The van der Waals surface area contributed by atoms with E-state index in [1.165, 1.54) is 12.1 Å². The zero-order chi connectivity index (χ0) is 24.0. The van der Waals surface area contributed by atoms with Crippen LogP contribution in [0, 0.1) is 18.3 Å². The predicted octanol–water partition coefficient (Wildman–Crippen LogP) is 4.81. The van der Waals surface area contributed by atoms with Gasteiger partial charge in [-0.1, -0.05) is 32.9 Å². The first-order valence-electron chi connectivity index (χ1n) is 11.5. The first kappa shape index (κ1) is 23.7. The normalized spacial score (nSPS) is 25.2. The van der Waals surface area contributed by atoms with Gasteiger partial charge in [0, 0.05) is 41.7 Å². The van der Waals surface area contributed by atoms with Crippen molar-refractivity contribution >= 4 is 5.91 Å². The molecule has 0 aliphatic carbocycles. The van der Waals surface area contributed by atoms with Gasteiger partial charge in [-0.25, -0.2) is 9.97 Å². The van der Waals surface area contributed by atoms with Gasteiger partial charge in [-0.05, 0) is 50.4 Å². The summed E-state index contributed by atoms with van der Waals surface area (Å²) in [6.07, 6.45) is -2.29. The van der Waals surface area contributed by atoms with Gasteiger partial charge in [-0.3, -0.25) is 9.69 Å². The fourth-order valence-corrected chi connectivity index (χ4v) is 4.92. The number of rotatable bonds is 4. The predicted molar refractivity (Wildman–Crippen MR) is 120 cm³/mol. The Morgan fingerprint density at radius 1 is 1.15 bits per heavy atom. The summed E-state index contributed by atoms with van der Waals surface area (Å²) >= 11 is 0. The van der Waals surface area contributed by atoms with Crippen LogP contribution in [0.2, 0.25) is 0 Å². The van der Waals surface area contributed by atoms with Gasteiger partial charge < -0.3 is 5.32 Å². The molecular weight excluding hydrogens is 429 g/mol. The van der Waals surface area contributed by atoms with Crippen LogP contribution < -0.4 is 5.32 Å². The number of hydrogen-bond acceptors (Lipinski definition) is 4. The summed E-state index contributed by atoms with van der Waals surface area (Å²) in [5.74, 6) is 1.40. The number of hydrogen-bond donors (Lipinski definition) is 1. The molecule has 4 atom stereocenters. The van der Waals surface area contributed by atoms with Crippen LogP contribution in [-0.2, 0) is 11.0 Å². The van der Waals surface area contributed by atoms with Crippen molar-refractivity contribution < 1.29 is 18.0 Å². The number of carbonyl (C=O) groups is 1. The first-order valence-corrected chi connectivity index (χ1v) is 11.5. The quantitative estimate of drug-likeness (QED) is 0.711. The zero-order valence-corrected chi connectivity index (χ0v) is 19.5. The number of nitrogens with one attached hydrogen (secondary N) is 1. The molecule has 5 nitrogen and oxygen atoms in total. The van der Waals surface area contributed by atoms with Crippen LogP contribution in [0.3, 0.4) is 0 Å². The number of nitrogens with zero attached hydrogens (tertiary/aromatic N) is 3. The molecule has 1 amide bonds. The van der Waals surface area contributed by atoms with Crippen molar-refractivity contribution in [1.82, 2.24) is 20.2 Å². The largest absolute Gasteiger partial charge is 0.416 e. The Bertz CT molecular complexity index is 1010. The fraction of sp³-hybridized carbons (Fsp3) is 0.560. The average Bonchev–Trinajstić information content (AvgIpc) is 2.76. The highest BCUT2D eigenvalue weighted by atomic mass is 19.4. The van der Waals surface area contributed by atoms with Crippen LogP contribution in [0.4, 0.5) is 13.2 Å². The molecule has 1 aromatic carbocycles. The molecule has 2 aromatic rings. The van der Waals surface area contributed by atoms with Gasteiger partial charge >= 0.3 is 6.18 Å². The van der Waals surface area contributed by atoms with E-state index < -0.39 is 17.2 Å². The fourth-order valence-electron chi connectivity index (χ4n) is 4.92. The van der Waals surface area contributed by atoms with Gasteiger partial charge in [0.15, 0.2) is 0 Å². The van der Waals surface area contributed by atoms with Crippen LogP contribution in [0.5, 0.6) is 0 Å². The third-order valence-electron chi connectivity index (χ3n) is 6.80. The maximum Gasteiger partial charge on any atom is 0.416 e. The summed E-state index contributed by atoms with van der Waals surface area (Å²) in [5, 5.41) is 3.10. The van der Waals surface area contributed by atoms with Gasteiger partial charge in [0.1, 0.15) is 5.82 Å². The van der Waals surface area contributed by atoms with Crippen molar-refractivity contribution in [3.05, 3.63) is 47.4 Å². The van der Waals surface area contributed by atoms with Crippen molar-refractivity contribution in [3.8, 4) is 11.3 Å². The smallest absolute Gasteiger partial charge is 0.354 e. The molecule has 0 spiro atoms. The summed E-state index contributed by atoms with van der Waals surface area (Å²) in [5.41, 5.74) is 1.18. The molecule has 0 saturated carbocycles. The lowest BCUT2D eigenvalue weighted by atomic mass is 9.74. The number of benzene rings is 1. The highest BCUT2D eigenvalue weighted by Gasteiger charge is 2.41. The third kappa shape index (κ3) is 5.21. The van der Waals surface area contributed by atoms with Gasteiger partial charge in [-0.2, -0.15) is 13.2 Å². The van der Waals surface area contributed by atoms with Crippen LogP contribution in [0.25, 0.3) is 11.3 Å². The second-order valence-electron chi connectivity index (χ2n) is 10.3. The van der Waals surface area contributed by atoms with E-state index in [4.69, 9.17) is 4.98 Å². The Morgan fingerprint density at radius 2 is 1.85 bits per heavy atom. The van der Waals surface area contributed by atoms with Crippen molar-refractivity contribution in [2.75, 3.05) is 19.6 Å². The number of carbonyl (C=O) groups excluding carboxylic acids is 1. The van der Waals surface area contributed by atoms with Crippen LogP contribution in [0.15, 0.2) is 30.3 Å². The van der Waals surface area contributed by atoms with E-state index in [2.05, 4.69) is 15.2 Å². The molecule has 3 fully saturated rings. The average molecular weight is 461 g/mol. The van der Waals surface area contributed by atoms with Crippen molar-refractivity contribution in [1.29, 1.82) is 0 Å². The topological polar surface area (TPSA) is 58.1 Å². The van der Waals surface area contributed by atoms with E-state index in [0.717, 1.165) is 43.8 Å². The van der Waals surface area contributed by atoms with Crippen molar-refractivity contribution in [2.45, 2.75) is 58.7 Å². The molecule has 1 N–H and O–H groups in total. The molecule has 3 aliphatic heterocycles. The lowest BCUT2D eigenvalue weighted by molar-refractivity contribution is -0.137. The van der Waals surface area contributed by atoms with Gasteiger partial charge in [0.05, 0.1) is 11.3 Å². The molecule has 3 saturated heterocycles. The maximum atomic E-state index is 12.9. The number of amides is 1. The molecule has 5 rings (SSSR count). The minimum absolute atomic E-state index is 0.0642. The summed E-state index contributed by atoms with van der Waals surface area (Å²) in [6, 6.07) is 7.38. The molecular formula is C25H31F3N4O. The second-order valence-corrected chi connectivity index (χ2v) is 10.3. The first-order chi connectivity index (χ1) is 15.4. The second kappa shape index (κ2) is 8.70. The maximum absolute atomic E-state index is 12.9. The van der Waals surface area contributed by atoms with Crippen LogP contribution >= 0.6 is 0 Å². The van der Waals surface area contributed by atoms with E-state index in [9.17, 15) is 18.0 Å². The third-order valence-corrected chi connectivity index (χ3v) is 6.80. The van der Waals surface area contributed by atoms with E-state index in [1.54, 1.807) is 0 Å². The van der Waals surface area contributed by atoms with Crippen LogP contribution in [-0.4, -0.2) is 46.5 Å². The van der Waals surface area contributed by atoms with Crippen molar-refractivity contribution in [3.63, 3.8) is 0 Å². The van der Waals surface area contributed by atoms with E-state index in [1.807, 2.05) is 33.8 Å². The lowest BCUT2D eigenvalue weighted by Gasteiger charge is -2.50. The Balaban J connectivity index is 1.49.